The monoisotopic (exact) mass is 403 g/mol. The molecule has 0 spiro atoms. The summed E-state index contributed by atoms with van der Waals surface area (Å²) >= 11 is 0. The van der Waals surface area contributed by atoms with E-state index in [0.29, 0.717) is 24.5 Å². The van der Waals surface area contributed by atoms with Gasteiger partial charge in [-0.2, -0.15) is 0 Å². The van der Waals surface area contributed by atoms with Crippen LogP contribution in [0.15, 0.2) is 36.4 Å². The van der Waals surface area contributed by atoms with E-state index < -0.39 is 12.0 Å². The molecule has 156 valence electrons. The van der Waals surface area contributed by atoms with Gasteiger partial charge in [0.15, 0.2) is 0 Å². The number of amides is 1. The highest BCUT2D eigenvalue weighted by Crippen LogP contribution is 2.39. The van der Waals surface area contributed by atoms with Gasteiger partial charge in [-0.3, -0.25) is 4.79 Å². The fourth-order valence-corrected chi connectivity index (χ4v) is 2.93. The molecule has 8 heteroatoms. The maximum Gasteiger partial charge on any atom is 0.326 e. The summed E-state index contributed by atoms with van der Waals surface area (Å²) in [6.45, 7) is 0.501. The number of carboxylic acids is 1. The minimum atomic E-state index is -1.09. The van der Waals surface area contributed by atoms with E-state index in [9.17, 15) is 9.59 Å². The van der Waals surface area contributed by atoms with E-state index in [0.717, 1.165) is 22.3 Å². The largest absolute Gasteiger partial charge is 0.496 e. The highest BCUT2D eigenvalue weighted by molar-refractivity contribution is 5.78. The first-order valence-corrected chi connectivity index (χ1v) is 8.99. The normalized spacial score (nSPS) is 11.6. The molecule has 0 aromatic heterocycles. The summed E-state index contributed by atoms with van der Waals surface area (Å²) in [5.74, 6) is 0.111. The standard InChI is InChI=1S/C21H25NO7/c1-27-18-10-15(12-29-8-7-23)11-19(28-2)20(18)16-5-3-14(4-6-16)9-17(21(25)26)22-13-24/h3-6,10-11,13,17,23H,7-9,12H2,1-2H3,(H,22,24)(H,25,26). The van der Waals surface area contributed by atoms with Gasteiger partial charge in [-0.05, 0) is 28.8 Å². The van der Waals surface area contributed by atoms with Crippen molar-refractivity contribution in [3.8, 4) is 22.6 Å². The molecular formula is C21H25NO7. The average Bonchev–Trinajstić information content (AvgIpc) is 2.73. The molecule has 0 radical (unpaired) electrons. The Bertz CT molecular complexity index is 795. The van der Waals surface area contributed by atoms with E-state index in [1.165, 1.54) is 0 Å². The molecule has 0 aliphatic rings. The smallest absolute Gasteiger partial charge is 0.326 e. The molecule has 0 aliphatic carbocycles. The number of rotatable bonds is 12. The first-order valence-electron chi connectivity index (χ1n) is 8.99. The van der Waals surface area contributed by atoms with Gasteiger partial charge in [0.1, 0.15) is 17.5 Å². The van der Waals surface area contributed by atoms with Gasteiger partial charge in [-0.1, -0.05) is 24.3 Å². The number of ether oxygens (including phenoxy) is 3. The van der Waals surface area contributed by atoms with Crippen LogP contribution < -0.4 is 14.8 Å². The Kier molecular flexibility index (Phi) is 8.45. The molecule has 1 amide bonds. The minimum Gasteiger partial charge on any atom is -0.496 e. The molecule has 2 aromatic carbocycles. The van der Waals surface area contributed by atoms with Crippen molar-refractivity contribution >= 4 is 12.4 Å². The van der Waals surface area contributed by atoms with Crippen molar-refractivity contribution in [1.29, 1.82) is 0 Å². The van der Waals surface area contributed by atoms with Crippen LogP contribution in [0.25, 0.3) is 11.1 Å². The lowest BCUT2D eigenvalue weighted by Crippen LogP contribution is -2.37. The molecule has 0 aliphatic heterocycles. The third-order valence-corrected chi connectivity index (χ3v) is 4.32. The van der Waals surface area contributed by atoms with E-state index in [1.807, 2.05) is 24.3 Å². The molecule has 2 rings (SSSR count). The number of aliphatic hydroxyl groups is 1. The number of hydrogen-bond donors (Lipinski definition) is 3. The average molecular weight is 403 g/mol. The zero-order valence-electron chi connectivity index (χ0n) is 16.4. The Labute approximate surface area is 169 Å². The van der Waals surface area contributed by atoms with Crippen LogP contribution in [-0.4, -0.2) is 56.1 Å². The summed E-state index contributed by atoms with van der Waals surface area (Å²) in [5, 5.41) is 20.3. The van der Waals surface area contributed by atoms with Gasteiger partial charge in [0, 0.05) is 6.42 Å². The third-order valence-electron chi connectivity index (χ3n) is 4.32. The molecule has 0 fully saturated rings. The summed E-state index contributed by atoms with van der Waals surface area (Å²) in [6, 6.07) is 9.99. The molecule has 29 heavy (non-hydrogen) atoms. The van der Waals surface area contributed by atoms with Crippen LogP contribution in [0.3, 0.4) is 0 Å². The number of methoxy groups -OCH3 is 2. The van der Waals surface area contributed by atoms with E-state index >= 15 is 0 Å². The lowest BCUT2D eigenvalue weighted by molar-refractivity contribution is -0.140. The van der Waals surface area contributed by atoms with E-state index in [4.69, 9.17) is 24.4 Å². The van der Waals surface area contributed by atoms with E-state index in [-0.39, 0.29) is 19.6 Å². The van der Waals surface area contributed by atoms with Gasteiger partial charge in [-0.25, -0.2) is 4.79 Å². The van der Waals surface area contributed by atoms with Crippen LogP contribution in [0, 0.1) is 0 Å². The molecule has 1 unspecified atom stereocenters. The van der Waals surface area contributed by atoms with Crippen LogP contribution >= 0.6 is 0 Å². The molecule has 0 heterocycles. The number of aliphatic carboxylic acids is 1. The second kappa shape index (κ2) is 11.0. The van der Waals surface area contributed by atoms with Crippen molar-refractivity contribution in [2.75, 3.05) is 27.4 Å². The second-order valence-corrected chi connectivity index (χ2v) is 6.23. The Morgan fingerprint density at radius 2 is 1.72 bits per heavy atom. The Hall–Kier alpha value is -3.10. The van der Waals surface area contributed by atoms with Gasteiger partial charge in [0.25, 0.3) is 0 Å². The maximum atomic E-state index is 11.2. The van der Waals surface area contributed by atoms with E-state index in [1.54, 1.807) is 26.4 Å². The maximum absolute atomic E-state index is 11.2. The summed E-state index contributed by atoms with van der Waals surface area (Å²) in [5.41, 5.74) is 3.20. The zero-order valence-corrected chi connectivity index (χ0v) is 16.4. The summed E-state index contributed by atoms with van der Waals surface area (Å²) < 4.78 is 16.4. The number of benzene rings is 2. The predicted molar refractivity (Wildman–Crippen MR) is 106 cm³/mol. The van der Waals surface area contributed by atoms with Gasteiger partial charge in [0.05, 0.1) is 39.6 Å². The van der Waals surface area contributed by atoms with Gasteiger partial charge in [0.2, 0.25) is 6.41 Å². The number of aliphatic hydroxyl groups excluding tert-OH is 1. The van der Waals surface area contributed by atoms with Crippen molar-refractivity contribution in [3.05, 3.63) is 47.5 Å². The predicted octanol–water partition coefficient (Wildman–Crippen LogP) is 1.62. The van der Waals surface area contributed by atoms with Crippen molar-refractivity contribution in [3.63, 3.8) is 0 Å². The van der Waals surface area contributed by atoms with Gasteiger partial charge < -0.3 is 29.7 Å². The minimum absolute atomic E-state index is 0.0518. The number of carboxylic acid groups (broad SMARTS) is 1. The van der Waals surface area contributed by atoms with Crippen molar-refractivity contribution in [2.24, 2.45) is 0 Å². The number of nitrogens with one attached hydrogen (secondary N) is 1. The Balaban J connectivity index is 2.30. The molecule has 0 bridgehead atoms. The Morgan fingerprint density at radius 3 is 2.21 bits per heavy atom. The summed E-state index contributed by atoms with van der Waals surface area (Å²) in [4.78, 5) is 21.8. The van der Waals surface area contributed by atoms with Gasteiger partial charge >= 0.3 is 5.97 Å². The van der Waals surface area contributed by atoms with Crippen LogP contribution in [0.1, 0.15) is 11.1 Å². The highest BCUT2D eigenvalue weighted by Gasteiger charge is 2.18. The molecule has 3 N–H and O–H groups in total. The lowest BCUT2D eigenvalue weighted by atomic mass is 9.98. The molecule has 0 saturated carbocycles. The van der Waals surface area contributed by atoms with Crippen LogP contribution in [-0.2, 0) is 27.4 Å². The molecule has 0 saturated heterocycles. The number of carbonyl (C=O) groups is 2. The molecule has 1 atom stereocenters. The summed E-state index contributed by atoms with van der Waals surface area (Å²) in [7, 11) is 3.13. The van der Waals surface area contributed by atoms with Crippen LogP contribution in [0.5, 0.6) is 11.5 Å². The topological polar surface area (TPSA) is 114 Å². The quantitative estimate of drug-likeness (QED) is 0.364. The number of carbonyl (C=O) groups excluding carboxylic acids is 1. The van der Waals surface area contributed by atoms with E-state index in [2.05, 4.69) is 5.32 Å². The van der Waals surface area contributed by atoms with Crippen LogP contribution in [0.2, 0.25) is 0 Å². The highest BCUT2D eigenvalue weighted by atomic mass is 16.5. The van der Waals surface area contributed by atoms with Crippen molar-refractivity contribution in [1.82, 2.24) is 5.32 Å². The lowest BCUT2D eigenvalue weighted by Gasteiger charge is -2.17. The first-order chi connectivity index (χ1) is 14.0. The fraction of sp³-hybridized carbons (Fsp3) is 0.333. The fourth-order valence-electron chi connectivity index (χ4n) is 2.93. The van der Waals surface area contributed by atoms with Crippen molar-refractivity contribution < 1.29 is 34.0 Å². The SMILES string of the molecule is COc1cc(COCCO)cc(OC)c1-c1ccc(CC(NC=O)C(=O)O)cc1. The molecular weight excluding hydrogens is 378 g/mol. The van der Waals surface area contributed by atoms with Gasteiger partial charge in [-0.15, -0.1) is 0 Å². The third kappa shape index (κ3) is 5.94. The summed E-state index contributed by atoms with van der Waals surface area (Å²) in [6.07, 6.45) is 0.554. The van der Waals surface area contributed by atoms with Crippen LogP contribution in [0.4, 0.5) is 0 Å². The molecule has 8 nitrogen and oxygen atoms in total. The molecule has 2 aromatic rings. The zero-order chi connectivity index (χ0) is 21.2. The number of hydrogen-bond acceptors (Lipinski definition) is 6. The first kappa shape index (κ1) is 22.2. The van der Waals surface area contributed by atoms with Crippen molar-refractivity contribution in [2.45, 2.75) is 19.1 Å². The Morgan fingerprint density at radius 1 is 1.10 bits per heavy atom. The second-order valence-electron chi connectivity index (χ2n) is 6.23.